The second-order valence-corrected chi connectivity index (χ2v) is 18.4. The Morgan fingerprint density at radius 1 is 0.361 bits per heavy atom. The molecular formula is C57H48F2N2. The number of rotatable bonds is 6. The molecule has 0 fully saturated rings. The molecule has 0 spiro atoms. The minimum atomic E-state index is -0.560. The molecule has 10 rings (SSSR count). The summed E-state index contributed by atoms with van der Waals surface area (Å²) in [5, 5.41) is 6.74. The zero-order valence-electron chi connectivity index (χ0n) is 35.5. The van der Waals surface area contributed by atoms with Crippen LogP contribution in [0.5, 0.6) is 0 Å². The van der Waals surface area contributed by atoms with Gasteiger partial charge < -0.3 is 9.80 Å². The molecule has 2 nitrogen and oxygen atoms in total. The van der Waals surface area contributed by atoms with E-state index in [4.69, 9.17) is 0 Å². The number of benzene rings is 9. The minimum Gasteiger partial charge on any atom is -0.308 e. The standard InChI is InChI=1S/C57H48F2N2/c1-55(2,3)57(56(4,5)6)46-36-51(61(38-23-11-8-12-24-38)50-32-20-18-30-48(50)59)41-26-14-16-28-43(41)52(46)53-42-27-15-13-25-40(42)45-35-39(33-34-44(45)54(53)57)60(37-21-9-7-10-22-37)49-31-19-17-29-47(49)58/h7-36H,1-6H3. The van der Waals surface area contributed by atoms with E-state index >= 15 is 8.78 Å². The van der Waals surface area contributed by atoms with Crippen molar-refractivity contribution in [1.82, 2.24) is 0 Å². The number of halogens is 2. The Hall–Kier alpha value is -6.78. The van der Waals surface area contributed by atoms with Gasteiger partial charge in [0.25, 0.3) is 0 Å². The fourth-order valence-corrected chi connectivity index (χ4v) is 11.1. The van der Waals surface area contributed by atoms with Gasteiger partial charge in [-0.15, -0.1) is 0 Å². The molecule has 0 unspecified atom stereocenters. The van der Waals surface area contributed by atoms with Crippen molar-refractivity contribution in [1.29, 1.82) is 0 Å². The molecule has 61 heavy (non-hydrogen) atoms. The summed E-state index contributed by atoms with van der Waals surface area (Å²) in [6.07, 6.45) is 0. The average molecular weight is 799 g/mol. The van der Waals surface area contributed by atoms with Crippen molar-refractivity contribution in [2.45, 2.75) is 47.0 Å². The highest BCUT2D eigenvalue weighted by Gasteiger charge is 2.59. The summed E-state index contributed by atoms with van der Waals surface area (Å²) in [4.78, 5) is 4.12. The number of hydrogen-bond acceptors (Lipinski definition) is 2. The van der Waals surface area contributed by atoms with Crippen LogP contribution in [-0.2, 0) is 5.41 Å². The summed E-state index contributed by atoms with van der Waals surface area (Å²) in [7, 11) is 0. The molecule has 0 amide bonds. The Morgan fingerprint density at radius 3 is 1.38 bits per heavy atom. The molecule has 0 aliphatic heterocycles. The van der Waals surface area contributed by atoms with Crippen molar-refractivity contribution in [2.75, 3.05) is 9.80 Å². The normalized spacial score (nSPS) is 13.4. The lowest BCUT2D eigenvalue weighted by Crippen LogP contribution is -2.50. The molecule has 0 saturated carbocycles. The quantitative estimate of drug-likeness (QED) is 0.155. The smallest absolute Gasteiger partial charge is 0.147 e. The van der Waals surface area contributed by atoms with Gasteiger partial charge in [-0.2, -0.15) is 0 Å². The van der Waals surface area contributed by atoms with Crippen LogP contribution in [0.2, 0.25) is 0 Å². The summed E-state index contributed by atoms with van der Waals surface area (Å²) in [5.41, 5.74) is 8.32. The van der Waals surface area contributed by atoms with Gasteiger partial charge >= 0.3 is 0 Å². The SMILES string of the molecule is CC(C)(C)C1(C(C)(C)C)c2cc(N(c3ccccc3)c3ccccc3F)c3ccccc3c2-c2c1c1ccc(N(c3ccccc3)c3ccccc3F)cc1c1ccccc21. The number of para-hydroxylation sites is 4. The molecule has 0 aromatic heterocycles. The molecule has 0 N–H and O–H groups in total. The van der Waals surface area contributed by atoms with Gasteiger partial charge in [0.1, 0.15) is 11.6 Å². The maximum absolute atomic E-state index is 16.2. The predicted octanol–water partition coefficient (Wildman–Crippen LogP) is 16.7. The van der Waals surface area contributed by atoms with Crippen LogP contribution < -0.4 is 9.80 Å². The second-order valence-electron chi connectivity index (χ2n) is 18.4. The van der Waals surface area contributed by atoms with E-state index in [1.54, 1.807) is 18.2 Å². The minimum absolute atomic E-state index is 0.287. The van der Waals surface area contributed by atoms with Crippen molar-refractivity contribution in [3.8, 4) is 11.1 Å². The van der Waals surface area contributed by atoms with Crippen LogP contribution >= 0.6 is 0 Å². The van der Waals surface area contributed by atoms with Crippen molar-refractivity contribution in [3.05, 3.63) is 205 Å². The van der Waals surface area contributed by atoms with Gasteiger partial charge in [-0.1, -0.05) is 157 Å². The van der Waals surface area contributed by atoms with Crippen molar-refractivity contribution in [3.63, 3.8) is 0 Å². The van der Waals surface area contributed by atoms with Crippen LogP contribution in [0, 0.1) is 22.5 Å². The molecule has 0 heterocycles. The van der Waals surface area contributed by atoms with E-state index in [1.807, 2.05) is 77.7 Å². The monoisotopic (exact) mass is 798 g/mol. The highest BCUT2D eigenvalue weighted by molar-refractivity contribution is 6.23. The van der Waals surface area contributed by atoms with E-state index in [-0.39, 0.29) is 22.5 Å². The molecule has 9 aromatic rings. The van der Waals surface area contributed by atoms with E-state index in [1.165, 1.54) is 39.1 Å². The van der Waals surface area contributed by atoms with Gasteiger partial charge in [-0.3, -0.25) is 0 Å². The van der Waals surface area contributed by atoms with Crippen LogP contribution in [0.15, 0.2) is 182 Å². The number of anilines is 6. The first kappa shape index (κ1) is 38.4. The molecule has 0 radical (unpaired) electrons. The summed E-state index contributed by atoms with van der Waals surface area (Å²) in [6.45, 7) is 14.3. The summed E-state index contributed by atoms with van der Waals surface area (Å²) < 4.78 is 32.1. The maximum Gasteiger partial charge on any atom is 0.147 e. The lowest BCUT2D eigenvalue weighted by molar-refractivity contribution is 0.0965. The molecule has 4 heteroatoms. The van der Waals surface area contributed by atoms with Gasteiger partial charge in [0.15, 0.2) is 0 Å². The van der Waals surface area contributed by atoms with Gasteiger partial charge in [0.05, 0.1) is 17.1 Å². The Morgan fingerprint density at radius 2 is 0.820 bits per heavy atom. The third kappa shape index (κ3) is 5.72. The summed E-state index contributed by atoms with van der Waals surface area (Å²) >= 11 is 0. The fraction of sp³-hybridized carbons (Fsp3) is 0.158. The van der Waals surface area contributed by atoms with Crippen molar-refractivity contribution in [2.24, 2.45) is 10.8 Å². The largest absolute Gasteiger partial charge is 0.308 e. The number of fused-ring (bicyclic) bond motifs is 10. The Kier molecular flexibility index (Phi) is 8.92. The Bertz CT molecular complexity index is 3130. The second kappa shape index (κ2) is 14.2. The van der Waals surface area contributed by atoms with E-state index < -0.39 is 5.41 Å². The molecule has 300 valence electrons. The van der Waals surface area contributed by atoms with Crippen molar-refractivity contribution < 1.29 is 8.78 Å². The van der Waals surface area contributed by atoms with Crippen LogP contribution in [0.3, 0.4) is 0 Å². The molecule has 0 saturated heterocycles. The average Bonchev–Trinajstić information content (AvgIpc) is 3.60. The molecule has 1 aliphatic rings. The first-order valence-electron chi connectivity index (χ1n) is 21.2. The Labute approximate surface area is 357 Å². The summed E-state index contributed by atoms with van der Waals surface area (Å²) in [6, 6.07) is 60.8. The summed E-state index contributed by atoms with van der Waals surface area (Å²) in [5.74, 6) is -0.576. The molecular weight excluding hydrogens is 751 g/mol. The van der Waals surface area contributed by atoms with E-state index in [2.05, 4.69) is 131 Å². The third-order valence-electron chi connectivity index (χ3n) is 13.0. The van der Waals surface area contributed by atoms with Crippen LogP contribution in [0.25, 0.3) is 43.4 Å². The maximum atomic E-state index is 16.2. The lowest BCUT2D eigenvalue weighted by Gasteiger charge is -2.53. The highest BCUT2D eigenvalue weighted by Crippen LogP contribution is 2.69. The zero-order valence-corrected chi connectivity index (χ0v) is 35.5. The molecule has 0 atom stereocenters. The third-order valence-corrected chi connectivity index (χ3v) is 13.0. The molecule has 9 aromatic carbocycles. The number of hydrogen-bond donors (Lipinski definition) is 0. The van der Waals surface area contributed by atoms with E-state index in [0.29, 0.717) is 11.4 Å². The van der Waals surface area contributed by atoms with Gasteiger partial charge in [-0.25, -0.2) is 8.78 Å². The van der Waals surface area contributed by atoms with E-state index in [9.17, 15) is 0 Å². The fourth-order valence-electron chi connectivity index (χ4n) is 11.1. The first-order chi connectivity index (χ1) is 29.4. The van der Waals surface area contributed by atoms with Crippen LogP contribution in [0.4, 0.5) is 42.9 Å². The first-order valence-corrected chi connectivity index (χ1v) is 21.2. The lowest BCUT2D eigenvalue weighted by atomic mass is 9.49. The van der Waals surface area contributed by atoms with Gasteiger partial charge in [0, 0.05) is 27.9 Å². The van der Waals surface area contributed by atoms with Gasteiger partial charge in [0.2, 0.25) is 0 Å². The Balaban J connectivity index is 1.36. The van der Waals surface area contributed by atoms with Crippen molar-refractivity contribution >= 4 is 66.4 Å². The topological polar surface area (TPSA) is 6.48 Å². The predicted molar refractivity (Wildman–Crippen MR) is 253 cm³/mol. The van der Waals surface area contributed by atoms with Crippen LogP contribution in [0.1, 0.15) is 52.7 Å². The zero-order chi connectivity index (χ0) is 42.3. The van der Waals surface area contributed by atoms with E-state index in [0.717, 1.165) is 44.3 Å². The molecule has 1 aliphatic carbocycles. The van der Waals surface area contributed by atoms with Crippen LogP contribution in [-0.4, -0.2) is 0 Å². The van der Waals surface area contributed by atoms with Gasteiger partial charge in [-0.05, 0) is 127 Å². The molecule has 0 bridgehead atoms. The number of nitrogens with zero attached hydrogens (tertiary/aromatic N) is 2. The highest BCUT2D eigenvalue weighted by atomic mass is 19.1.